The summed E-state index contributed by atoms with van der Waals surface area (Å²) in [4.78, 5) is 19.0. The van der Waals surface area contributed by atoms with Crippen molar-refractivity contribution in [2.75, 3.05) is 18.5 Å². The van der Waals surface area contributed by atoms with Gasteiger partial charge in [-0.2, -0.15) is 5.10 Å². The number of rotatable bonds is 4. The minimum absolute atomic E-state index is 0.0717. The molecule has 6 nitrogen and oxygen atoms in total. The van der Waals surface area contributed by atoms with Crippen LogP contribution in [0.2, 0.25) is 0 Å². The number of aromatic nitrogens is 3. The molecule has 25 heavy (non-hydrogen) atoms. The number of nitrogens with one attached hydrogen (secondary N) is 2. The van der Waals surface area contributed by atoms with Crippen molar-refractivity contribution >= 4 is 11.6 Å². The second-order valence-corrected chi connectivity index (χ2v) is 6.25. The van der Waals surface area contributed by atoms with E-state index < -0.39 is 0 Å². The molecular weight excluding hydrogens is 314 g/mol. The van der Waals surface area contributed by atoms with Gasteiger partial charge in [0, 0.05) is 31.4 Å². The van der Waals surface area contributed by atoms with Crippen LogP contribution in [0.5, 0.6) is 0 Å². The first kappa shape index (κ1) is 15.4. The second-order valence-electron chi connectivity index (χ2n) is 6.25. The van der Waals surface area contributed by atoms with Gasteiger partial charge in [0.05, 0.1) is 5.92 Å². The van der Waals surface area contributed by atoms with Gasteiger partial charge < -0.3 is 10.2 Å². The van der Waals surface area contributed by atoms with E-state index in [1.807, 2.05) is 55.6 Å². The lowest BCUT2D eigenvalue weighted by molar-refractivity contribution is 0.0951. The summed E-state index contributed by atoms with van der Waals surface area (Å²) in [6.45, 7) is 1.34. The lowest BCUT2D eigenvalue weighted by Crippen LogP contribution is -2.22. The molecule has 1 aromatic heterocycles. The molecule has 2 heterocycles. The van der Waals surface area contributed by atoms with Gasteiger partial charge in [-0.1, -0.05) is 30.3 Å². The van der Waals surface area contributed by atoms with Crippen LogP contribution in [0.3, 0.4) is 0 Å². The van der Waals surface area contributed by atoms with Crippen LogP contribution in [0, 0.1) is 0 Å². The van der Waals surface area contributed by atoms with Crippen molar-refractivity contribution in [1.29, 1.82) is 0 Å². The number of hydrogen-bond donors (Lipinski definition) is 2. The molecule has 0 radical (unpaired) electrons. The summed E-state index contributed by atoms with van der Waals surface area (Å²) in [6, 6.07) is 15.7. The van der Waals surface area contributed by atoms with Gasteiger partial charge in [0.2, 0.25) is 0 Å². The van der Waals surface area contributed by atoms with E-state index in [1.165, 1.54) is 6.33 Å². The Hall–Kier alpha value is -3.15. The highest BCUT2D eigenvalue weighted by molar-refractivity contribution is 5.95. The van der Waals surface area contributed by atoms with Crippen LogP contribution in [-0.4, -0.2) is 34.7 Å². The van der Waals surface area contributed by atoms with Crippen molar-refractivity contribution < 1.29 is 4.79 Å². The SMILES string of the molecule is CN1C[C@@H](c2ncn[nH]2)c2cc(C(=O)NCc3ccccc3)ccc21. The van der Waals surface area contributed by atoms with Crippen molar-refractivity contribution in [3.05, 3.63) is 77.4 Å². The van der Waals surface area contributed by atoms with E-state index in [0.717, 1.165) is 29.2 Å². The molecule has 6 heteroatoms. The number of amides is 1. The fourth-order valence-electron chi connectivity index (χ4n) is 3.29. The Balaban J connectivity index is 1.56. The summed E-state index contributed by atoms with van der Waals surface area (Å²) >= 11 is 0. The van der Waals surface area contributed by atoms with Crippen LogP contribution in [0.15, 0.2) is 54.9 Å². The van der Waals surface area contributed by atoms with Gasteiger partial charge in [-0.05, 0) is 29.3 Å². The van der Waals surface area contributed by atoms with Crippen LogP contribution in [-0.2, 0) is 6.54 Å². The molecule has 1 atom stereocenters. The number of nitrogens with zero attached hydrogens (tertiary/aromatic N) is 3. The third-order valence-electron chi connectivity index (χ3n) is 4.59. The third-order valence-corrected chi connectivity index (χ3v) is 4.59. The van der Waals surface area contributed by atoms with E-state index >= 15 is 0 Å². The third kappa shape index (κ3) is 2.98. The molecule has 3 aromatic rings. The first-order chi connectivity index (χ1) is 12.2. The zero-order chi connectivity index (χ0) is 17.2. The Morgan fingerprint density at radius 1 is 1.28 bits per heavy atom. The van der Waals surface area contributed by atoms with E-state index in [9.17, 15) is 4.79 Å². The largest absolute Gasteiger partial charge is 0.373 e. The highest BCUT2D eigenvalue weighted by Gasteiger charge is 2.30. The number of benzene rings is 2. The molecule has 1 aliphatic rings. The molecule has 0 unspecified atom stereocenters. The van der Waals surface area contributed by atoms with E-state index in [4.69, 9.17) is 0 Å². The molecule has 0 fully saturated rings. The molecule has 0 aliphatic carbocycles. The number of hydrogen-bond acceptors (Lipinski definition) is 4. The number of aromatic amines is 1. The Labute approximate surface area is 145 Å². The number of carbonyl (C=O) groups excluding carboxylic acids is 1. The minimum Gasteiger partial charge on any atom is -0.373 e. The van der Waals surface area contributed by atoms with Crippen molar-refractivity contribution in [2.24, 2.45) is 0 Å². The van der Waals surface area contributed by atoms with Crippen molar-refractivity contribution in [3.8, 4) is 0 Å². The molecule has 2 aromatic carbocycles. The molecular formula is C19H19N5O. The molecule has 1 amide bonds. The van der Waals surface area contributed by atoms with E-state index in [0.29, 0.717) is 12.1 Å². The van der Waals surface area contributed by atoms with Crippen LogP contribution in [0.25, 0.3) is 0 Å². The predicted molar refractivity (Wildman–Crippen MR) is 95.5 cm³/mol. The normalized spacial score (nSPS) is 15.9. The smallest absolute Gasteiger partial charge is 0.251 e. The molecule has 0 saturated heterocycles. The maximum atomic E-state index is 12.5. The van der Waals surface area contributed by atoms with Gasteiger partial charge in [-0.15, -0.1) is 0 Å². The monoisotopic (exact) mass is 333 g/mol. The molecule has 0 spiro atoms. The van der Waals surface area contributed by atoms with Crippen molar-refractivity contribution in [1.82, 2.24) is 20.5 Å². The Morgan fingerprint density at radius 3 is 2.88 bits per heavy atom. The van der Waals surface area contributed by atoms with Crippen molar-refractivity contribution in [3.63, 3.8) is 0 Å². The fraction of sp³-hybridized carbons (Fsp3) is 0.211. The number of fused-ring (bicyclic) bond motifs is 1. The summed E-state index contributed by atoms with van der Waals surface area (Å²) in [7, 11) is 2.05. The quantitative estimate of drug-likeness (QED) is 0.768. The summed E-state index contributed by atoms with van der Waals surface area (Å²) in [5, 5.41) is 9.88. The Morgan fingerprint density at radius 2 is 2.12 bits per heavy atom. The Kier molecular flexibility index (Phi) is 3.93. The predicted octanol–water partition coefficient (Wildman–Crippen LogP) is 2.32. The molecule has 4 rings (SSSR count). The first-order valence-electron chi connectivity index (χ1n) is 8.25. The van der Waals surface area contributed by atoms with E-state index in [2.05, 4.69) is 25.4 Å². The zero-order valence-corrected chi connectivity index (χ0v) is 13.9. The van der Waals surface area contributed by atoms with Crippen molar-refractivity contribution in [2.45, 2.75) is 12.5 Å². The van der Waals surface area contributed by atoms with Gasteiger partial charge in [0.1, 0.15) is 12.2 Å². The topological polar surface area (TPSA) is 73.9 Å². The number of anilines is 1. The summed E-state index contributed by atoms with van der Waals surface area (Å²) in [6.07, 6.45) is 1.52. The fourth-order valence-corrected chi connectivity index (χ4v) is 3.29. The lowest BCUT2D eigenvalue weighted by Gasteiger charge is -2.12. The first-order valence-corrected chi connectivity index (χ1v) is 8.25. The summed E-state index contributed by atoms with van der Waals surface area (Å²) < 4.78 is 0. The summed E-state index contributed by atoms with van der Waals surface area (Å²) in [5.74, 6) is 0.856. The molecule has 0 saturated carbocycles. The van der Waals surface area contributed by atoms with Gasteiger partial charge in [0.15, 0.2) is 0 Å². The number of carbonyl (C=O) groups is 1. The molecule has 2 N–H and O–H groups in total. The number of likely N-dealkylation sites (N-methyl/N-ethyl adjacent to an activating group) is 1. The minimum atomic E-state index is -0.0717. The van der Waals surface area contributed by atoms with Crippen LogP contribution in [0.1, 0.15) is 33.2 Å². The maximum absolute atomic E-state index is 12.5. The van der Waals surface area contributed by atoms with Crippen LogP contribution < -0.4 is 10.2 Å². The highest BCUT2D eigenvalue weighted by atomic mass is 16.1. The second kappa shape index (κ2) is 6.39. The molecule has 126 valence electrons. The van der Waals surface area contributed by atoms with Gasteiger partial charge in [-0.3, -0.25) is 9.89 Å². The number of H-pyrrole nitrogens is 1. The average Bonchev–Trinajstić information content (AvgIpc) is 3.28. The van der Waals surface area contributed by atoms with E-state index in [-0.39, 0.29) is 11.8 Å². The van der Waals surface area contributed by atoms with Gasteiger partial charge in [0.25, 0.3) is 5.91 Å². The lowest BCUT2D eigenvalue weighted by atomic mass is 9.98. The maximum Gasteiger partial charge on any atom is 0.251 e. The van der Waals surface area contributed by atoms with Crippen LogP contribution in [0.4, 0.5) is 5.69 Å². The van der Waals surface area contributed by atoms with Crippen LogP contribution >= 0.6 is 0 Å². The average molecular weight is 333 g/mol. The molecule has 1 aliphatic heterocycles. The van der Waals surface area contributed by atoms with Gasteiger partial charge in [-0.25, -0.2) is 4.98 Å². The zero-order valence-electron chi connectivity index (χ0n) is 13.9. The Bertz CT molecular complexity index is 876. The molecule has 0 bridgehead atoms. The van der Waals surface area contributed by atoms with Gasteiger partial charge >= 0.3 is 0 Å². The standard InChI is InChI=1S/C19H19N5O/c1-24-11-16(18-21-12-22-23-18)15-9-14(7-8-17(15)24)19(25)20-10-13-5-3-2-4-6-13/h2-9,12,16H,10-11H2,1H3,(H,20,25)(H,21,22,23)/t16-/m1/s1. The van der Waals surface area contributed by atoms with E-state index in [1.54, 1.807) is 0 Å². The highest BCUT2D eigenvalue weighted by Crippen LogP contribution is 2.38. The summed E-state index contributed by atoms with van der Waals surface area (Å²) in [5.41, 5.74) is 3.97.